The van der Waals surface area contributed by atoms with Crippen molar-refractivity contribution in [3.63, 3.8) is 0 Å². The van der Waals surface area contributed by atoms with Gasteiger partial charge in [0.2, 0.25) is 5.91 Å². The maximum atomic E-state index is 11.9. The van der Waals surface area contributed by atoms with Gasteiger partial charge in [0.1, 0.15) is 0 Å². The van der Waals surface area contributed by atoms with E-state index >= 15 is 0 Å². The van der Waals surface area contributed by atoms with Crippen LogP contribution in [0.5, 0.6) is 0 Å². The summed E-state index contributed by atoms with van der Waals surface area (Å²) in [5, 5.41) is 12.4. The van der Waals surface area contributed by atoms with E-state index in [1.165, 1.54) is 16.7 Å². The van der Waals surface area contributed by atoms with Gasteiger partial charge in [-0.15, -0.1) is 0 Å². The number of aliphatic hydroxyl groups excluding tert-OH is 1. The van der Waals surface area contributed by atoms with Crippen molar-refractivity contribution in [3.8, 4) is 0 Å². The van der Waals surface area contributed by atoms with Gasteiger partial charge in [-0.05, 0) is 44.6 Å². The monoisotopic (exact) mass is 291 g/mol. The number of benzene rings is 1. The van der Waals surface area contributed by atoms with Gasteiger partial charge in [-0.1, -0.05) is 43.2 Å². The molecule has 0 fully saturated rings. The molecule has 3 heteroatoms. The Labute approximate surface area is 128 Å². The lowest BCUT2D eigenvalue weighted by Crippen LogP contribution is -2.35. The molecule has 0 saturated heterocycles. The van der Waals surface area contributed by atoms with Gasteiger partial charge in [0.05, 0.1) is 6.10 Å². The molecule has 0 radical (unpaired) electrons. The summed E-state index contributed by atoms with van der Waals surface area (Å²) < 4.78 is 0. The highest BCUT2D eigenvalue weighted by Crippen LogP contribution is 2.21. The van der Waals surface area contributed by atoms with Gasteiger partial charge < -0.3 is 10.4 Å². The molecule has 0 spiro atoms. The van der Waals surface area contributed by atoms with E-state index in [4.69, 9.17) is 0 Å². The van der Waals surface area contributed by atoms with Gasteiger partial charge in [-0.2, -0.15) is 0 Å². The molecule has 118 valence electrons. The predicted octanol–water partition coefficient (Wildman–Crippen LogP) is 3.15. The minimum atomic E-state index is -0.341. The van der Waals surface area contributed by atoms with Crippen molar-refractivity contribution < 1.29 is 9.90 Å². The molecule has 1 unspecified atom stereocenters. The van der Waals surface area contributed by atoms with Crippen LogP contribution in [0, 0.1) is 19.3 Å². The average molecular weight is 291 g/mol. The van der Waals surface area contributed by atoms with Gasteiger partial charge >= 0.3 is 0 Å². The lowest BCUT2D eigenvalue weighted by Gasteiger charge is -2.26. The van der Waals surface area contributed by atoms with Crippen LogP contribution in [0.4, 0.5) is 0 Å². The Balaban J connectivity index is 2.40. The predicted molar refractivity (Wildman–Crippen MR) is 87.3 cm³/mol. The molecule has 1 amide bonds. The molecule has 0 aliphatic rings. The van der Waals surface area contributed by atoms with Crippen molar-refractivity contribution in [2.45, 2.75) is 60.0 Å². The summed E-state index contributed by atoms with van der Waals surface area (Å²) in [5.41, 5.74) is 3.61. The largest absolute Gasteiger partial charge is 0.393 e. The first kappa shape index (κ1) is 17.7. The fourth-order valence-corrected chi connectivity index (χ4v) is 2.77. The van der Waals surface area contributed by atoms with Crippen molar-refractivity contribution >= 4 is 5.91 Å². The smallest absolute Gasteiger partial charge is 0.220 e. The van der Waals surface area contributed by atoms with Gasteiger partial charge in [0.15, 0.2) is 0 Å². The van der Waals surface area contributed by atoms with Crippen molar-refractivity contribution in [2.24, 2.45) is 5.41 Å². The Morgan fingerprint density at radius 3 is 2.33 bits per heavy atom. The third kappa shape index (κ3) is 7.28. The van der Waals surface area contributed by atoms with E-state index in [1.807, 2.05) is 0 Å². The second-order valence-electron chi connectivity index (χ2n) is 6.99. The number of hydrogen-bond donors (Lipinski definition) is 2. The molecule has 0 bridgehead atoms. The summed E-state index contributed by atoms with van der Waals surface area (Å²) in [7, 11) is 0. The zero-order chi connectivity index (χ0) is 16.0. The lowest BCUT2D eigenvalue weighted by molar-refractivity contribution is -0.121. The van der Waals surface area contributed by atoms with E-state index in [0.717, 1.165) is 6.42 Å². The SMILES string of the molecule is Cc1cc(C)cc(CCC(=O)NCC(C)(C)CC(C)O)c1. The molecule has 1 atom stereocenters. The zero-order valence-corrected chi connectivity index (χ0v) is 14.0. The van der Waals surface area contributed by atoms with Crippen molar-refractivity contribution in [1.29, 1.82) is 0 Å². The highest BCUT2D eigenvalue weighted by atomic mass is 16.3. The van der Waals surface area contributed by atoms with E-state index < -0.39 is 0 Å². The summed E-state index contributed by atoms with van der Waals surface area (Å²) in [6.45, 7) is 10.7. The van der Waals surface area contributed by atoms with Crippen LogP contribution in [0.15, 0.2) is 18.2 Å². The van der Waals surface area contributed by atoms with Gasteiger partial charge in [-0.3, -0.25) is 4.79 Å². The molecule has 3 nitrogen and oxygen atoms in total. The number of nitrogens with one attached hydrogen (secondary N) is 1. The van der Waals surface area contributed by atoms with E-state index in [1.54, 1.807) is 6.92 Å². The normalized spacial score (nSPS) is 13.0. The second-order valence-corrected chi connectivity index (χ2v) is 6.99. The Morgan fingerprint density at radius 2 is 1.81 bits per heavy atom. The summed E-state index contributed by atoms with van der Waals surface area (Å²) in [4.78, 5) is 11.9. The van der Waals surface area contributed by atoms with E-state index in [9.17, 15) is 9.90 Å². The van der Waals surface area contributed by atoms with Crippen LogP contribution in [0.25, 0.3) is 0 Å². The van der Waals surface area contributed by atoms with Crippen molar-refractivity contribution in [3.05, 3.63) is 34.9 Å². The molecule has 1 aromatic carbocycles. The highest BCUT2D eigenvalue weighted by Gasteiger charge is 2.20. The first-order chi connectivity index (χ1) is 9.68. The molecule has 0 aliphatic heterocycles. The maximum absolute atomic E-state index is 11.9. The van der Waals surface area contributed by atoms with Gasteiger partial charge in [0.25, 0.3) is 0 Å². The molecule has 0 heterocycles. The third-order valence-electron chi connectivity index (χ3n) is 3.53. The Morgan fingerprint density at radius 1 is 1.24 bits per heavy atom. The van der Waals surface area contributed by atoms with Crippen LogP contribution in [0.2, 0.25) is 0 Å². The van der Waals surface area contributed by atoms with Crippen LogP contribution in [-0.4, -0.2) is 23.7 Å². The fraction of sp³-hybridized carbons (Fsp3) is 0.611. The van der Waals surface area contributed by atoms with E-state index in [2.05, 4.69) is 51.2 Å². The van der Waals surface area contributed by atoms with Crippen LogP contribution in [-0.2, 0) is 11.2 Å². The standard InChI is InChI=1S/C18H29NO2/c1-13-8-14(2)10-16(9-13)6-7-17(21)19-12-18(4,5)11-15(3)20/h8-10,15,20H,6-7,11-12H2,1-5H3,(H,19,21). The molecule has 2 N–H and O–H groups in total. The minimum absolute atomic E-state index is 0.0767. The zero-order valence-electron chi connectivity index (χ0n) is 14.0. The maximum Gasteiger partial charge on any atom is 0.220 e. The van der Waals surface area contributed by atoms with E-state index in [0.29, 0.717) is 19.4 Å². The molecule has 1 aromatic rings. The number of hydrogen-bond acceptors (Lipinski definition) is 2. The molecule has 21 heavy (non-hydrogen) atoms. The number of carbonyl (C=O) groups is 1. The minimum Gasteiger partial charge on any atom is -0.393 e. The summed E-state index contributed by atoms with van der Waals surface area (Å²) in [6.07, 6.45) is 1.62. The first-order valence-corrected chi connectivity index (χ1v) is 7.70. The first-order valence-electron chi connectivity index (χ1n) is 7.70. The Bertz CT molecular complexity index is 458. The topological polar surface area (TPSA) is 49.3 Å². The Kier molecular flexibility index (Phi) is 6.41. The molecule has 1 rings (SSSR count). The molecule has 0 aromatic heterocycles. The summed E-state index contributed by atoms with van der Waals surface area (Å²) in [6, 6.07) is 6.41. The fourth-order valence-electron chi connectivity index (χ4n) is 2.77. The van der Waals surface area contributed by atoms with Crippen LogP contribution >= 0.6 is 0 Å². The lowest BCUT2D eigenvalue weighted by atomic mass is 9.87. The number of amides is 1. The van der Waals surface area contributed by atoms with E-state index in [-0.39, 0.29) is 17.4 Å². The average Bonchev–Trinajstić information content (AvgIpc) is 2.31. The Hall–Kier alpha value is -1.35. The number of aliphatic hydroxyl groups is 1. The molecular weight excluding hydrogens is 262 g/mol. The number of carbonyl (C=O) groups excluding carboxylic acids is 1. The molecular formula is C18H29NO2. The van der Waals surface area contributed by atoms with Crippen molar-refractivity contribution in [1.82, 2.24) is 5.32 Å². The van der Waals surface area contributed by atoms with Gasteiger partial charge in [0, 0.05) is 13.0 Å². The highest BCUT2D eigenvalue weighted by molar-refractivity contribution is 5.76. The summed E-state index contributed by atoms with van der Waals surface area (Å²) >= 11 is 0. The van der Waals surface area contributed by atoms with Crippen LogP contribution < -0.4 is 5.32 Å². The van der Waals surface area contributed by atoms with Crippen LogP contribution in [0.3, 0.4) is 0 Å². The second kappa shape index (κ2) is 7.60. The van der Waals surface area contributed by atoms with Crippen LogP contribution in [0.1, 0.15) is 50.3 Å². The number of aryl methyl sites for hydroxylation is 3. The summed E-state index contributed by atoms with van der Waals surface area (Å²) in [5.74, 6) is 0.0767. The quantitative estimate of drug-likeness (QED) is 0.811. The molecule has 0 saturated carbocycles. The number of rotatable bonds is 7. The third-order valence-corrected chi connectivity index (χ3v) is 3.53. The van der Waals surface area contributed by atoms with Gasteiger partial charge in [-0.25, -0.2) is 0 Å². The van der Waals surface area contributed by atoms with Crippen molar-refractivity contribution in [2.75, 3.05) is 6.54 Å². The molecule has 0 aliphatic carbocycles.